The number of unbranched alkanes of at least 4 members (excludes halogenated alkanes) is 1. The van der Waals surface area contributed by atoms with Crippen LogP contribution in [0, 0.1) is 5.92 Å². The van der Waals surface area contributed by atoms with Gasteiger partial charge in [0.1, 0.15) is 0 Å². The minimum atomic E-state index is 0.617. The molecule has 0 spiro atoms. The molecule has 1 aromatic heterocycles. The van der Waals surface area contributed by atoms with E-state index in [1.165, 1.54) is 12.8 Å². The number of rotatable bonds is 14. The maximum absolute atomic E-state index is 5.73. The summed E-state index contributed by atoms with van der Waals surface area (Å²) in [6.07, 6.45) is 6.60. The van der Waals surface area contributed by atoms with Gasteiger partial charge in [-0.1, -0.05) is 13.3 Å². The zero-order valence-electron chi connectivity index (χ0n) is 16.7. The smallest absolute Gasteiger partial charge is 0.213 e. The highest BCUT2D eigenvalue weighted by Gasteiger charge is 2.22. The van der Waals surface area contributed by atoms with Crippen LogP contribution in [-0.4, -0.2) is 57.6 Å². The van der Waals surface area contributed by atoms with Gasteiger partial charge in [-0.25, -0.2) is 4.98 Å². The Morgan fingerprint density at radius 3 is 2.74 bits per heavy atom. The van der Waals surface area contributed by atoms with Crippen molar-refractivity contribution in [1.29, 1.82) is 0 Å². The fourth-order valence-corrected chi connectivity index (χ4v) is 2.34. The first-order valence-corrected chi connectivity index (χ1v) is 9.99. The van der Waals surface area contributed by atoms with Crippen LogP contribution in [0.1, 0.15) is 38.2 Å². The van der Waals surface area contributed by atoms with Crippen LogP contribution >= 0.6 is 0 Å². The van der Waals surface area contributed by atoms with E-state index in [9.17, 15) is 0 Å². The molecule has 1 saturated carbocycles. The quantitative estimate of drug-likeness (QED) is 0.294. The van der Waals surface area contributed by atoms with E-state index in [-0.39, 0.29) is 0 Å². The van der Waals surface area contributed by atoms with Crippen molar-refractivity contribution in [3.8, 4) is 5.88 Å². The Kier molecular flexibility index (Phi) is 10.6. The molecule has 2 N–H and O–H groups in total. The van der Waals surface area contributed by atoms with E-state index in [1.807, 2.05) is 12.1 Å². The summed E-state index contributed by atoms with van der Waals surface area (Å²) in [6.45, 7) is 7.00. The third-order valence-electron chi connectivity index (χ3n) is 4.20. The first kappa shape index (κ1) is 21.4. The lowest BCUT2D eigenvalue weighted by atomic mass is 10.2. The molecular weight excluding hydrogens is 344 g/mol. The van der Waals surface area contributed by atoms with Crippen LogP contribution in [0.15, 0.2) is 23.3 Å². The van der Waals surface area contributed by atoms with Crippen LogP contribution in [-0.2, 0) is 16.0 Å². The Hall–Kier alpha value is -1.86. The number of aliphatic imine (C=N–C) groups is 1. The van der Waals surface area contributed by atoms with E-state index in [0.717, 1.165) is 43.5 Å². The molecule has 2 rings (SSSR count). The molecule has 1 aliphatic rings. The van der Waals surface area contributed by atoms with Gasteiger partial charge in [0, 0.05) is 39.0 Å². The molecule has 0 unspecified atom stereocenters. The second-order valence-corrected chi connectivity index (χ2v) is 6.69. The van der Waals surface area contributed by atoms with Crippen LogP contribution in [0.5, 0.6) is 5.88 Å². The van der Waals surface area contributed by atoms with Gasteiger partial charge in [0.05, 0.1) is 26.4 Å². The lowest BCUT2D eigenvalue weighted by molar-refractivity contribution is 0.0487. The van der Waals surface area contributed by atoms with Gasteiger partial charge < -0.3 is 24.8 Å². The number of ether oxygens (including phenoxy) is 3. The topological polar surface area (TPSA) is 77.0 Å². The number of hydrogen-bond acceptors (Lipinski definition) is 5. The van der Waals surface area contributed by atoms with Crippen molar-refractivity contribution in [2.24, 2.45) is 10.9 Å². The average molecular weight is 379 g/mol. The van der Waals surface area contributed by atoms with Crippen molar-refractivity contribution in [1.82, 2.24) is 15.6 Å². The number of aromatic nitrogens is 1. The van der Waals surface area contributed by atoms with E-state index in [1.54, 1.807) is 13.2 Å². The Bertz CT molecular complexity index is 550. The van der Waals surface area contributed by atoms with Gasteiger partial charge in [-0.05, 0) is 36.8 Å². The predicted molar refractivity (Wildman–Crippen MR) is 107 cm³/mol. The van der Waals surface area contributed by atoms with E-state index in [0.29, 0.717) is 38.8 Å². The molecule has 27 heavy (non-hydrogen) atoms. The lowest BCUT2D eigenvalue weighted by Crippen LogP contribution is -2.38. The summed E-state index contributed by atoms with van der Waals surface area (Å²) >= 11 is 0. The number of nitrogens with one attached hydrogen (secondary N) is 2. The molecule has 1 fully saturated rings. The van der Waals surface area contributed by atoms with Gasteiger partial charge in [-0.15, -0.1) is 0 Å². The van der Waals surface area contributed by atoms with E-state index in [2.05, 4.69) is 27.5 Å². The predicted octanol–water partition coefficient (Wildman–Crippen LogP) is 2.37. The molecule has 1 aromatic rings. The molecule has 0 radical (unpaired) electrons. The molecular formula is C20H34N4O3. The van der Waals surface area contributed by atoms with Gasteiger partial charge in [-0.2, -0.15) is 0 Å². The molecule has 1 aliphatic carbocycles. The Morgan fingerprint density at radius 2 is 2.00 bits per heavy atom. The largest absolute Gasteiger partial charge is 0.477 e. The van der Waals surface area contributed by atoms with Crippen molar-refractivity contribution in [2.45, 2.75) is 39.2 Å². The van der Waals surface area contributed by atoms with E-state index < -0.39 is 0 Å². The molecule has 152 valence electrons. The van der Waals surface area contributed by atoms with Crippen LogP contribution < -0.4 is 15.4 Å². The molecule has 7 heteroatoms. The molecule has 0 amide bonds. The highest BCUT2D eigenvalue weighted by molar-refractivity contribution is 5.79. The standard InChI is InChI=1S/C20H34N4O3/c1-3-4-10-25-12-13-26-11-9-23-20(21-2)24-15-18-7-8-22-19(14-18)27-16-17-5-6-17/h7-8,14,17H,3-6,9-13,15-16H2,1-2H3,(H2,21,23,24). The summed E-state index contributed by atoms with van der Waals surface area (Å²) in [6, 6.07) is 3.95. The van der Waals surface area contributed by atoms with Gasteiger partial charge >= 0.3 is 0 Å². The molecule has 7 nitrogen and oxygen atoms in total. The van der Waals surface area contributed by atoms with Crippen LogP contribution in [0.3, 0.4) is 0 Å². The van der Waals surface area contributed by atoms with Crippen LogP contribution in [0.4, 0.5) is 0 Å². The SMILES string of the molecule is CCCCOCCOCCNC(=NC)NCc1ccnc(OCC2CC2)c1. The third kappa shape index (κ3) is 10.2. The summed E-state index contributed by atoms with van der Waals surface area (Å²) in [5, 5.41) is 6.53. The zero-order valence-corrected chi connectivity index (χ0v) is 16.7. The van der Waals surface area contributed by atoms with Crippen molar-refractivity contribution < 1.29 is 14.2 Å². The van der Waals surface area contributed by atoms with Crippen molar-refractivity contribution in [3.63, 3.8) is 0 Å². The second kappa shape index (κ2) is 13.3. The van der Waals surface area contributed by atoms with Crippen LogP contribution in [0.2, 0.25) is 0 Å². The van der Waals surface area contributed by atoms with Crippen molar-refractivity contribution in [2.75, 3.05) is 46.6 Å². The Morgan fingerprint density at radius 1 is 1.19 bits per heavy atom. The van der Waals surface area contributed by atoms with Gasteiger partial charge in [0.15, 0.2) is 5.96 Å². The number of guanidine groups is 1. The summed E-state index contributed by atoms with van der Waals surface area (Å²) in [7, 11) is 1.76. The third-order valence-corrected chi connectivity index (χ3v) is 4.20. The van der Waals surface area contributed by atoms with Gasteiger partial charge in [-0.3, -0.25) is 4.99 Å². The summed E-state index contributed by atoms with van der Waals surface area (Å²) in [4.78, 5) is 8.49. The fraction of sp³-hybridized carbons (Fsp3) is 0.700. The van der Waals surface area contributed by atoms with Crippen LogP contribution in [0.25, 0.3) is 0 Å². The minimum absolute atomic E-state index is 0.617. The molecule has 0 aromatic carbocycles. The van der Waals surface area contributed by atoms with Gasteiger partial charge in [0.2, 0.25) is 5.88 Å². The molecule has 0 bridgehead atoms. The number of hydrogen-bond donors (Lipinski definition) is 2. The van der Waals surface area contributed by atoms with Crippen molar-refractivity contribution in [3.05, 3.63) is 23.9 Å². The summed E-state index contributed by atoms with van der Waals surface area (Å²) < 4.78 is 16.7. The maximum atomic E-state index is 5.73. The molecule has 0 aliphatic heterocycles. The van der Waals surface area contributed by atoms with Gasteiger partial charge in [0.25, 0.3) is 0 Å². The van der Waals surface area contributed by atoms with E-state index >= 15 is 0 Å². The molecule has 0 saturated heterocycles. The minimum Gasteiger partial charge on any atom is -0.477 e. The number of nitrogens with zero attached hydrogens (tertiary/aromatic N) is 2. The monoisotopic (exact) mass is 378 g/mol. The average Bonchev–Trinajstić information content (AvgIpc) is 3.52. The normalized spacial score (nSPS) is 14.2. The maximum Gasteiger partial charge on any atom is 0.213 e. The highest BCUT2D eigenvalue weighted by Crippen LogP contribution is 2.29. The summed E-state index contributed by atoms with van der Waals surface area (Å²) in [5.41, 5.74) is 1.11. The zero-order chi connectivity index (χ0) is 19.2. The number of pyridine rings is 1. The molecule has 0 atom stereocenters. The lowest BCUT2D eigenvalue weighted by Gasteiger charge is -2.13. The Balaban J connectivity index is 1.55. The molecule has 1 heterocycles. The second-order valence-electron chi connectivity index (χ2n) is 6.69. The highest BCUT2D eigenvalue weighted by atomic mass is 16.5. The Labute approximate surface area is 162 Å². The fourth-order valence-electron chi connectivity index (χ4n) is 2.34. The summed E-state index contributed by atoms with van der Waals surface area (Å²) in [5.74, 6) is 2.16. The van der Waals surface area contributed by atoms with Crippen molar-refractivity contribution >= 4 is 5.96 Å². The first-order chi connectivity index (χ1) is 13.3. The van der Waals surface area contributed by atoms with E-state index in [4.69, 9.17) is 14.2 Å². The first-order valence-electron chi connectivity index (χ1n) is 9.99.